The molecule has 8 heteroatoms. The first kappa shape index (κ1) is 20.0. The van der Waals surface area contributed by atoms with Crippen molar-refractivity contribution in [2.75, 3.05) is 26.5 Å². The number of methoxy groups -OCH3 is 1. The molecule has 0 bridgehead atoms. The molecular formula is C20H24N4O3S. The summed E-state index contributed by atoms with van der Waals surface area (Å²) >= 11 is 1.51. The van der Waals surface area contributed by atoms with E-state index >= 15 is 0 Å². The van der Waals surface area contributed by atoms with E-state index < -0.39 is 0 Å². The van der Waals surface area contributed by atoms with Crippen LogP contribution in [0, 0.1) is 13.8 Å². The van der Waals surface area contributed by atoms with Crippen molar-refractivity contribution in [3.05, 3.63) is 50.9 Å². The molecule has 0 spiro atoms. The standard InChI is InChI=1S/C20H24N4O3S/c1-12-13(2)28-19-18(12)20(26)24(16(22-19)10-23(3)4)11-17(25)21-14-8-6-7-9-15(14)27-5/h6-9H,10-11H2,1-5H3,(H,21,25). The van der Waals surface area contributed by atoms with E-state index in [-0.39, 0.29) is 18.0 Å². The van der Waals surface area contributed by atoms with Crippen LogP contribution < -0.4 is 15.6 Å². The van der Waals surface area contributed by atoms with E-state index in [2.05, 4.69) is 10.3 Å². The molecule has 2 aromatic heterocycles. The first-order valence-electron chi connectivity index (χ1n) is 8.88. The fraction of sp³-hybridized carbons (Fsp3) is 0.350. The number of carbonyl (C=O) groups is 1. The third-order valence-electron chi connectivity index (χ3n) is 4.51. The second-order valence-corrected chi connectivity index (χ2v) is 8.07. The number of amides is 1. The molecule has 0 fully saturated rings. The molecule has 2 heterocycles. The van der Waals surface area contributed by atoms with Gasteiger partial charge in [-0.15, -0.1) is 11.3 Å². The number of para-hydroxylation sites is 2. The molecule has 1 aromatic carbocycles. The number of nitrogens with zero attached hydrogens (tertiary/aromatic N) is 3. The maximum Gasteiger partial charge on any atom is 0.263 e. The van der Waals surface area contributed by atoms with Gasteiger partial charge in [-0.3, -0.25) is 14.2 Å². The van der Waals surface area contributed by atoms with Crippen molar-refractivity contribution >= 4 is 33.1 Å². The van der Waals surface area contributed by atoms with E-state index in [1.165, 1.54) is 15.9 Å². The number of rotatable bonds is 6. The Morgan fingerprint density at radius 3 is 2.68 bits per heavy atom. The number of nitrogens with one attached hydrogen (secondary N) is 1. The van der Waals surface area contributed by atoms with Gasteiger partial charge in [0.2, 0.25) is 5.91 Å². The lowest BCUT2D eigenvalue weighted by Crippen LogP contribution is -2.33. The summed E-state index contributed by atoms with van der Waals surface area (Å²) in [6, 6.07) is 7.17. The van der Waals surface area contributed by atoms with Crippen LogP contribution in [0.1, 0.15) is 16.3 Å². The van der Waals surface area contributed by atoms with Gasteiger partial charge < -0.3 is 15.0 Å². The largest absolute Gasteiger partial charge is 0.495 e. The second-order valence-electron chi connectivity index (χ2n) is 6.87. The highest BCUT2D eigenvalue weighted by Gasteiger charge is 2.19. The number of ether oxygens (including phenoxy) is 1. The Morgan fingerprint density at radius 1 is 1.29 bits per heavy atom. The van der Waals surface area contributed by atoms with Crippen LogP contribution in [0.5, 0.6) is 5.75 Å². The molecule has 0 aliphatic rings. The van der Waals surface area contributed by atoms with Crippen molar-refractivity contribution in [2.24, 2.45) is 0 Å². The summed E-state index contributed by atoms with van der Waals surface area (Å²) < 4.78 is 6.74. The molecule has 1 amide bonds. The van der Waals surface area contributed by atoms with Crippen LogP contribution in [0.25, 0.3) is 10.2 Å². The van der Waals surface area contributed by atoms with Crippen molar-refractivity contribution in [2.45, 2.75) is 26.9 Å². The summed E-state index contributed by atoms with van der Waals surface area (Å²) in [5.74, 6) is 0.825. The molecule has 0 radical (unpaired) electrons. The van der Waals surface area contributed by atoms with Gasteiger partial charge in [-0.1, -0.05) is 12.1 Å². The summed E-state index contributed by atoms with van der Waals surface area (Å²) in [7, 11) is 5.35. The van der Waals surface area contributed by atoms with Gasteiger partial charge in [-0.25, -0.2) is 4.98 Å². The minimum Gasteiger partial charge on any atom is -0.495 e. The van der Waals surface area contributed by atoms with Gasteiger partial charge in [0.25, 0.3) is 5.56 Å². The topological polar surface area (TPSA) is 76.5 Å². The predicted molar refractivity (Wildman–Crippen MR) is 112 cm³/mol. The third-order valence-corrected chi connectivity index (χ3v) is 5.61. The summed E-state index contributed by atoms with van der Waals surface area (Å²) in [5.41, 5.74) is 1.31. The first-order valence-corrected chi connectivity index (χ1v) is 9.70. The highest BCUT2D eigenvalue weighted by molar-refractivity contribution is 7.18. The Morgan fingerprint density at radius 2 is 2.00 bits per heavy atom. The van der Waals surface area contributed by atoms with Crippen molar-refractivity contribution in [1.82, 2.24) is 14.5 Å². The van der Waals surface area contributed by atoms with E-state index in [1.54, 1.807) is 19.2 Å². The first-order chi connectivity index (χ1) is 13.3. The normalized spacial score (nSPS) is 11.2. The van der Waals surface area contributed by atoms with E-state index in [4.69, 9.17) is 4.74 Å². The van der Waals surface area contributed by atoms with Crippen LogP contribution >= 0.6 is 11.3 Å². The van der Waals surface area contributed by atoms with Crippen molar-refractivity contribution in [1.29, 1.82) is 0 Å². The van der Waals surface area contributed by atoms with E-state index in [0.717, 1.165) is 15.3 Å². The van der Waals surface area contributed by atoms with Crippen LogP contribution in [-0.4, -0.2) is 41.6 Å². The molecule has 0 aliphatic carbocycles. The van der Waals surface area contributed by atoms with Crippen LogP contribution in [0.3, 0.4) is 0 Å². The summed E-state index contributed by atoms with van der Waals surface area (Å²) in [6.45, 7) is 4.24. The Hall–Kier alpha value is -2.71. The monoisotopic (exact) mass is 400 g/mol. The Labute approximate surface area is 167 Å². The number of benzene rings is 1. The molecule has 7 nitrogen and oxygen atoms in total. The van der Waals surface area contributed by atoms with Gasteiger partial charge in [0, 0.05) is 4.88 Å². The molecule has 0 atom stereocenters. The molecule has 3 aromatic rings. The zero-order valence-corrected chi connectivity index (χ0v) is 17.5. The fourth-order valence-electron chi connectivity index (χ4n) is 3.02. The quantitative estimate of drug-likeness (QED) is 0.689. The van der Waals surface area contributed by atoms with E-state index in [1.807, 2.05) is 45.0 Å². The SMILES string of the molecule is COc1ccccc1NC(=O)Cn1c(CN(C)C)nc2sc(C)c(C)c2c1=O. The fourth-order valence-corrected chi connectivity index (χ4v) is 4.06. The zero-order chi connectivity index (χ0) is 20.4. The van der Waals surface area contributed by atoms with Crippen LogP contribution in [-0.2, 0) is 17.9 Å². The number of aryl methyl sites for hydroxylation is 2. The lowest BCUT2D eigenvalue weighted by molar-refractivity contribution is -0.116. The van der Waals surface area contributed by atoms with Crippen molar-refractivity contribution in [3.63, 3.8) is 0 Å². The Kier molecular flexibility index (Phi) is 5.81. The Balaban J connectivity index is 2.00. The third kappa shape index (κ3) is 3.93. The molecule has 0 unspecified atom stereocenters. The Bertz CT molecular complexity index is 1080. The molecule has 28 heavy (non-hydrogen) atoms. The summed E-state index contributed by atoms with van der Waals surface area (Å²) in [4.78, 5) is 34.3. The van der Waals surface area contributed by atoms with Gasteiger partial charge >= 0.3 is 0 Å². The number of hydrogen-bond donors (Lipinski definition) is 1. The van der Waals surface area contributed by atoms with Crippen molar-refractivity contribution in [3.8, 4) is 5.75 Å². The molecule has 0 aliphatic heterocycles. The van der Waals surface area contributed by atoms with Gasteiger partial charge in [-0.05, 0) is 45.6 Å². The van der Waals surface area contributed by atoms with Crippen LogP contribution in [0.4, 0.5) is 5.69 Å². The van der Waals surface area contributed by atoms with Crippen LogP contribution in [0.15, 0.2) is 29.1 Å². The average Bonchev–Trinajstić information content (AvgIpc) is 2.92. The number of aromatic nitrogens is 2. The average molecular weight is 401 g/mol. The lowest BCUT2D eigenvalue weighted by atomic mass is 10.2. The molecule has 0 saturated heterocycles. The van der Waals surface area contributed by atoms with Crippen LogP contribution in [0.2, 0.25) is 0 Å². The number of hydrogen-bond acceptors (Lipinski definition) is 6. The molecule has 3 rings (SSSR count). The molecular weight excluding hydrogens is 376 g/mol. The van der Waals surface area contributed by atoms with Crippen molar-refractivity contribution < 1.29 is 9.53 Å². The lowest BCUT2D eigenvalue weighted by Gasteiger charge is -2.16. The maximum absolute atomic E-state index is 13.2. The minimum atomic E-state index is -0.308. The van der Waals surface area contributed by atoms with E-state index in [0.29, 0.717) is 29.2 Å². The number of thiophene rings is 1. The minimum absolute atomic E-state index is 0.114. The predicted octanol–water partition coefficient (Wildman–Crippen LogP) is 2.78. The molecule has 1 N–H and O–H groups in total. The molecule has 0 saturated carbocycles. The molecule has 148 valence electrons. The number of anilines is 1. The zero-order valence-electron chi connectivity index (χ0n) is 16.7. The number of fused-ring (bicyclic) bond motifs is 1. The van der Waals surface area contributed by atoms with Gasteiger partial charge in [0.05, 0.1) is 24.7 Å². The van der Waals surface area contributed by atoms with Gasteiger partial charge in [-0.2, -0.15) is 0 Å². The van der Waals surface area contributed by atoms with E-state index in [9.17, 15) is 9.59 Å². The van der Waals surface area contributed by atoms with Gasteiger partial charge in [0.15, 0.2) is 0 Å². The highest BCUT2D eigenvalue weighted by atomic mass is 32.1. The second kappa shape index (κ2) is 8.12. The summed E-state index contributed by atoms with van der Waals surface area (Å²) in [5, 5.41) is 3.42. The van der Waals surface area contributed by atoms with Gasteiger partial charge in [0.1, 0.15) is 22.9 Å². The summed E-state index contributed by atoms with van der Waals surface area (Å²) in [6.07, 6.45) is 0. The highest BCUT2D eigenvalue weighted by Crippen LogP contribution is 2.27. The number of carbonyl (C=O) groups excluding carboxylic acids is 1. The smallest absolute Gasteiger partial charge is 0.263 e. The maximum atomic E-state index is 13.2.